The van der Waals surface area contributed by atoms with Crippen molar-refractivity contribution in [3.8, 4) is 0 Å². The lowest BCUT2D eigenvalue weighted by Gasteiger charge is -2.13. The van der Waals surface area contributed by atoms with E-state index >= 15 is 0 Å². The van der Waals surface area contributed by atoms with Crippen LogP contribution in [-0.4, -0.2) is 25.7 Å². The number of nitrogens with one attached hydrogen (secondary N) is 2. The van der Waals surface area contributed by atoms with Crippen molar-refractivity contribution in [2.24, 2.45) is 0 Å². The molecule has 0 aliphatic heterocycles. The summed E-state index contributed by atoms with van der Waals surface area (Å²) in [6.07, 6.45) is 1.15. The van der Waals surface area contributed by atoms with Gasteiger partial charge in [0, 0.05) is 24.0 Å². The van der Waals surface area contributed by atoms with Crippen LogP contribution in [-0.2, 0) is 6.42 Å². The van der Waals surface area contributed by atoms with Gasteiger partial charge in [-0.25, -0.2) is 0 Å². The van der Waals surface area contributed by atoms with Crippen molar-refractivity contribution in [2.45, 2.75) is 26.3 Å². The highest BCUT2D eigenvalue weighted by atomic mass is 32.1. The van der Waals surface area contributed by atoms with Gasteiger partial charge in [-0.05, 0) is 31.3 Å². The summed E-state index contributed by atoms with van der Waals surface area (Å²) in [6, 6.07) is 4.87. The lowest BCUT2D eigenvalue weighted by Crippen LogP contribution is -2.37. The van der Waals surface area contributed by atoms with E-state index in [1.165, 1.54) is 4.88 Å². The molecule has 0 radical (unpaired) electrons. The van der Waals surface area contributed by atoms with Gasteiger partial charge in [-0.1, -0.05) is 13.0 Å². The van der Waals surface area contributed by atoms with Crippen molar-refractivity contribution in [1.29, 1.82) is 0 Å². The Bertz CT molecular complexity index is 221. The number of hydrogen-bond acceptors (Lipinski definition) is 3. The number of thiophene rings is 1. The molecular weight excluding hydrogens is 192 g/mol. The minimum atomic E-state index is 0.565. The van der Waals surface area contributed by atoms with E-state index in [0.29, 0.717) is 6.04 Å². The quantitative estimate of drug-likeness (QED) is 0.721. The van der Waals surface area contributed by atoms with E-state index in [2.05, 4.69) is 42.0 Å². The second kappa shape index (κ2) is 6.98. The lowest BCUT2D eigenvalue weighted by molar-refractivity contribution is 0.513. The summed E-state index contributed by atoms with van der Waals surface area (Å²) in [5.74, 6) is 0. The zero-order valence-electron chi connectivity index (χ0n) is 9.05. The van der Waals surface area contributed by atoms with Gasteiger partial charge in [0.1, 0.15) is 0 Å². The second-order valence-corrected chi connectivity index (χ2v) is 4.52. The molecule has 1 aromatic rings. The third kappa shape index (κ3) is 4.74. The fourth-order valence-electron chi connectivity index (χ4n) is 1.33. The highest BCUT2D eigenvalue weighted by molar-refractivity contribution is 7.09. The van der Waals surface area contributed by atoms with E-state index < -0.39 is 0 Å². The summed E-state index contributed by atoms with van der Waals surface area (Å²) in [7, 11) is 0. The van der Waals surface area contributed by atoms with Gasteiger partial charge in [-0.3, -0.25) is 0 Å². The van der Waals surface area contributed by atoms with E-state index in [1.54, 1.807) is 0 Å². The molecule has 0 spiro atoms. The maximum Gasteiger partial charge on any atom is 0.0164 e. The SMILES string of the molecule is CCNCC(C)NCCc1cccs1. The minimum Gasteiger partial charge on any atom is -0.315 e. The molecule has 80 valence electrons. The van der Waals surface area contributed by atoms with Crippen LogP contribution in [0.2, 0.25) is 0 Å². The van der Waals surface area contributed by atoms with Crippen molar-refractivity contribution in [1.82, 2.24) is 10.6 Å². The van der Waals surface area contributed by atoms with Gasteiger partial charge >= 0.3 is 0 Å². The molecule has 1 atom stereocenters. The maximum atomic E-state index is 3.50. The van der Waals surface area contributed by atoms with Crippen LogP contribution in [0.25, 0.3) is 0 Å². The number of rotatable bonds is 7. The fourth-order valence-corrected chi connectivity index (χ4v) is 2.04. The highest BCUT2D eigenvalue weighted by Gasteiger charge is 1.99. The molecule has 0 bridgehead atoms. The Morgan fingerprint density at radius 1 is 1.50 bits per heavy atom. The third-order valence-corrected chi connectivity index (χ3v) is 3.08. The fraction of sp³-hybridized carbons (Fsp3) is 0.636. The van der Waals surface area contributed by atoms with Crippen molar-refractivity contribution in [3.63, 3.8) is 0 Å². The molecule has 14 heavy (non-hydrogen) atoms. The first kappa shape index (κ1) is 11.7. The highest BCUT2D eigenvalue weighted by Crippen LogP contribution is 2.08. The van der Waals surface area contributed by atoms with Gasteiger partial charge in [0.2, 0.25) is 0 Å². The van der Waals surface area contributed by atoms with Crippen LogP contribution in [0.4, 0.5) is 0 Å². The Kier molecular flexibility index (Phi) is 5.83. The van der Waals surface area contributed by atoms with E-state index in [9.17, 15) is 0 Å². The van der Waals surface area contributed by atoms with Crippen molar-refractivity contribution in [3.05, 3.63) is 22.4 Å². The Morgan fingerprint density at radius 3 is 3.00 bits per heavy atom. The zero-order chi connectivity index (χ0) is 10.2. The molecule has 0 aliphatic rings. The summed E-state index contributed by atoms with van der Waals surface area (Å²) in [5, 5.41) is 8.97. The summed E-state index contributed by atoms with van der Waals surface area (Å²) >= 11 is 1.84. The molecule has 0 saturated carbocycles. The van der Waals surface area contributed by atoms with Crippen molar-refractivity contribution >= 4 is 11.3 Å². The molecule has 2 nitrogen and oxygen atoms in total. The molecular formula is C11H20N2S. The van der Waals surface area contributed by atoms with Gasteiger partial charge < -0.3 is 10.6 Å². The first-order chi connectivity index (χ1) is 6.83. The van der Waals surface area contributed by atoms with Crippen LogP contribution in [0.1, 0.15) is 18.7 Å². The summed E-state index contributed by atoms with van der Waals surface area (Å²) in [6.45, 7) is 7.54. The average Bonchev–Trinajstić information content (AvgIpc) is 2.67. The van der Waals surface area contributed by atoms with Gasteiger partial charge in [0.15, 0.2) is 0 Å². The third-order valence-electron chi connectivity index (χ3n) is 2.14. The molecule has 1 rings (SSSR count). The average molecular weight is 212 g/mol. The van der Waals surface area contributed by atoms with E-state index in [0.717, 1.165) is 26.1 Å². The van der Waals surface area contributed by atoms with Crippen LogP contribution in [0.3, 0.4) is 0 Å². The van der Waals surface area contributed by atoms with E-state index in [4.69, 9.17) is 0 Å². The molecule has 0 amide bonds. The van der Waals surface area contributed by atoms with E-state index in [1.807, 2.05) is 11.3 Å². The van der Waals surface area contributed by atoms with Gasteiger partial charge in [0.25, 0.3) is 0 Å². The monoisotopic (exact) mass is 212 g/mol. The van der Waals surface area contributed by atoms with Crippen LogP contribution >= 0.6 is 11.3 Å². The molecule has 0 aromatic carbocycles. The molecule has 3 heteroatoms. The van der Waals surface area contributed by atoms with Crippen LogP contribution in [0.5, 0.6) is 0 Å². The number of hydrogen-bond donors (Lipinski definition) is 2. The van der Waals surface area contributed by atoms with Gasteiger partial charge in [0.05, 0.1) is 0 Å². The van der Waals surface area contributed by atoms with Gasteiger partial charge in [-0.15, -0.1) is 11.3 Å². The molecule has 0 fully saturated rings. The van der Waals surface area contributed by atoms with Crippen LogP contribution in [0, 0.1) is 0 Å². The molecule has 1 unspecified atom stereocenters. The topological polar surface area (TPSA) is 24.1 Å². The molecule has 0 saturated heterocycles. The number of likely N-dealkylation sites (N-methyl/N-ethyl adjacent to an activating group) is 1. The predicted octanol–water partition coefficient (Wildman–Crippen LogP) is 1.88. The zero-order valence-corrected chi connectivity index (χ0v) is 9.86. The Hall–Kier alpha value is -0.380. The molecule has 2 N–H and O–H groups in total. The Labute approximate surface area is 90.7 Å². The molecule has 1 heterocycles. The minimum absolute atomic E-state index is 0.565. The van der Waals surface area contributed by atoms with Crippen molar-refractivity contribution < 1.29 is 0 Å². The standard InChI is InChI=1S/C11H20N2S/c1-3-12-9-10(2)13-7-6-11-5-4-8-14-11/h4-5,8,10,12-13H,3,6-7,9H2,1-2H3. The first-order valence-electron chi connectivity index (χ1n) is 5.29. The molecule has 1 aromatic heterocycles. The summed E-state index contributed by atoms with van der Waals surface area (Å²) < 4.78 is 0. The smallest absolute Gasteiger partial charge is 0.0164 e. The Morgan fingerprint density at radius 2 is 2.36 bits per heavy atom. The maximum absolute atomic E-state index is 3.50. The first-order valence-corrected chi connectivity index (χ1v) is 6.17. The normalized spacial score (nSPS) is 13.0. The summed E-state index contributed by atoms with van der Waals surface area (Å²) in [4.78, 5) is 1.47. The second-order valence-electron chi connectivity index (χ2n) is 3.49. The van der Waals surface area contributed by atoms with Crippen LogP contribution < -0.4 is 10.6 Å². The predicted molar refractivity (Wildman–Crippen MR) is 64.0 cm³/mol. The lowest BCUT2D eigenvalue weighted by atomic mass is 10.3. The van der Waals surface area contributed by atoms with Crippen molar-refractivity contribution in [2.75, 3.05) is 19.6 Å². The summed E-state index contributed by atoms with van der Waals surface area (Å²) in [5.41, 5.74) is 0. The molecule has 0 aliphatic carbocycles. The largest absolute Gasteiger partial charge is 0.315 e. The van der Waals surface area contributed by atoms with E-state index in [-0.39, 0.29) is 0 Å². The van der Waals surface area contributed by atoms with Crippen LogP contribution in [0.15, 0.2) is 17.5 Å². The van der Waals surface area contributed by atoms with Gasteiger partial charge in [-0.2, -0.15) is 0 Å². The Balaban J connectivity index is 2.03.